The summed E-state index contributed by atoms with van der Waals surface area (Å²) in [5, 5.41) is 5.71. The summed E-state index contributed by atoms with van der Waals surface area (Å²) in [6, 6.07) is 2.98. The first-order chi connectivity index (χ1) is 7.75. The average molecular weight is 303 g/mol. The van der Waals surface area contributed by atoms with Gasteiger partial charge in [0.15, 0.2) is 0 Å². The summed E-state index contributed by atoms with van der Waals surface area (Å²) in [7, 11) is 0. The average Bonchev–Trinajstić information content (AvgIpc) is 2.83. The predicted octanol–water partition coefficient (Wildman–Crippen LogP) is 3.08. The van der Waals surface area contributed by atoms with E-state index in [4.69, 9.17) is 0 Å². The Morgan fingerprint density at radius 3 is 3.12 bits per heavy atom. The normalized spacial score (nSPS) is 21.8. The third-order valence-corrected chi connectivity index (χ3v) is 4.77. The molecule has 0 aromatic carbocycles. The summed E-state index contributed by atoms with van der Waals surface area (Å²) in [6.45, 7) is 6.89. The minimum atomic E-state index is 0.789. The maximum Gasteiger partial charge on any atom is 0.0701 e. The van der Waals surface area contributed by atoms with Crippen molar-refractivity contribution in [3.05, 3.63) is 20.8 Å². The molecular weight excluding hydrogens is 284 g/mol. The molecule has 1 fully saturated rings. The summed E-state index contributed by atoms with van der Waals surface area (Å²) in [5.74, 6) is 0. The van der Waals surface area contributed by atoms with Crippen LogP contribution in [0.5, 0.6) is 0 Å². The Balaban J connectivity index is 1.61. The van der Waals surface area contributed by atoms with Crippen molar-refractivity contribution < 1.29 is 0 Å². The molecule has 0 amide bonds. The van der Waals surface area contributed by atoms with E-state index < -0.39 is 0 Å². The molecule has 90 valence electrons. The van der Waals surface area contributed by atoms with E-state index in [-0.39, 0.29) is 0 Å². The van der Waals surface area contributed by atoms with Crippen molar-refractivity contribution in [1.82, 2.24) is 10.2 Å². The maximum atomic E-state index is 3.51. The Kier molecular flexibility index (Phi) is 4.82. The van der Waals surface area contributed by atoms with Gasteiger partial charge in [-0.15, -0.1) is 11.3 Å². The summed E-state index contributed by atoms with van der Waals surface area (Å²) in [4.78, 5) is 2.58. The second kappa shape index (κ2) is 6.15. The second-order valence-corrected chi connectivity index (χ2v) is 6.75. The van der Waals surface area contributed by atoms with E-state index in [0.29, 0.717) is 0 Å². The molecule has 0 saturated carbocycles. The number of nitrogens with one attached hydrogen (secondary N) is 1. The second-order valence-electron chi connectivity index (χ2n) is 4.46. The Hall–Kier alpha value is 0.100. The van der Waals surface area contributed by atoms with Crippen LogP contribution in [-0.2, 0) is 6.54 Å². The highest BCUT2D eigenvalue weighted by molar-refractivity contribution is 9.11. The monoisotopic (exact) mass is 302 g/mol. The molecule has 1 atom stereocenters. The highest BCUT2D eigenvalue weighted by Crippen LogP contribution is 2.20. The number of likely N-dealkylation sites (tertiary alicyclic amines) is 1. The molecule has 1 aromatic rings. The smallest absolute Gasteiger partial charge is 0.0701 e. The first kappa shape index (κ1) is 12.6. The van der Waals surface area contributed by atoms with Crippen LogP contribution in [-0.4, -0.2) is 30.6 Å². The lowest BCUT2D eigenvalue weighted by Crippen LogP contribution is -2.34. The molecule has 2 nitrogen and oxygen atoms in total. The molecule has 1 aliphatic rings. The van der Waals surface area contributed by atoms with Crippen LogP contribution in [0.3, 0.4) is 0 Å². The van der Waals surface area contributed by atoms with E-state index in [0.717, 1.165) is 19.1 Å². The van der Waals surface area contributed by atoms with Gasteiger partial charge in [0, 0.05) is 25.7 Å². The van der Waals surface area contributed by atoms with Crippen LogP contribution in [0.1, 0.15) is 25.3 Å². The predicted molar refractivity (Wildman–Crippen MR) is 74.0 cm³/mol. The van der Waals surface area contributed by atoms with Gasteiger partial charge in [0.05, 0.1) is 3.79 Å². The van der Waals surface area contributed by atoms with E-state index in [1.165, 1.54) is 35.3 Å². The third-order valence-electron chi connectivity index (χ3n) is 3.22. The first-order valence-electron chi connectivity index (χ1n) is 5.93. The Morgan fingerprint density at radius 1 is 1.62 bits per heavy atom. The Morgan fingerprint density at radius 2 is 2.50 bits per heavy atom. The SMILES string of the molecule is CC1CCCN1CCNCc1csc(Br)c1. The first-order valence-corrected chi connectivity index (χ1v) is 7.60. The Labute approximate surface area is 110 Å². The molecule has 1 N–H and O–H groups in total. The van der Waals surface area contributed by atoms with Crippen molar-refractivity contribution >= 4 is 27.3 Å². The molecule has 1 saturated heterocycles. The van der Waals surface area contributed by atoms with Crippen molar-refractivity contribution in [2.45, 2.75) is 32.4 Å². The number of halogens is 1. The van der Waals surface area contributed by atoms with Crippen molar-refractivity contribution in [2.75, 3.05) is 19.6 Å². The van der Waals surface area contributed by atoms with Crippen LogP contribution in [0.4, 0.5) is 0 Å². The van der Waals surface area contributed by atoms with Crippen molar-refractivity contribution in [3.8, 4) is 0 Å². The lowest BCUT2D eigenvalue weighted by Gasteiger charge is -2.20. The fourth-order valence-corrected chi connectivity index (χ4v) is 3.43. The zero-order chi connectivity index (χ0) is 11.4. The van der Waals surface area contributed by atoms with E-state index in [9.17, 15) is 0 Å². The molecule has 1 aliphatic heterocycles. The van der Waals surface area contributed by atoms with Crippen LogP contribution >= 0.6 is 27.3 Å². The van der Waals surface area contributed by atoms with Gasteiger partial charge in [0.2, 0.25) is 0 Å². The number of rotatable bonds is 5. The molecule has 2 rings (SSSR count). The van der Waals surface area contributed by atoms with Gasteiger partial charge in [-0.25, -0.2) is 0 Å². The fourth-order valence-electron chi connectivity index (χ4n) is 2.22. The number of nitrogens with zero attached hydrogens (tertiary/aromatic N) is 1. The van der Waals surface area contributed by atoms with Gasteiger partial charge in [0.25, 0.3) is 0 Å². The van der Waals surface area contributed by atoms with Crippen molar-refractivity contribution in [2.24, 2.45) is 0 Å². The van der Waals surface area contributed by atoms with Gasteiger partial charge in [-0.1, -0.05) is 0 Å². The van der Waals surface area contributed by atoms with Crippen LogP contribution in [0.25, 0.3) is 0 Å². The van der Waals surface area contributed by atoms with Crippen LogP contribution in [0, 0.1) is 0 Å². The van der Waals surface area contributed by atoms with Crippen LogP contribution < -0.4 is 5.32 Å². The Bertz CT molecular complexity index is 327. The molecular formula is C12H19BrN2S. The highest BCUT2D eigenvalue weighted by Gasteiger charge is 2.18. The largest absolute Gasteiger partial charge is 0.311 e. The highest BCUT2D eigenvalue weighted by atomic mass is 79.9. The minimum Gasteiger partial charge on any atom is -0.311 e. The number of hydrogen-bond donors (Lipinski definition) is 1. The summed E-state index contributed by atoms with van der Waals surface area (Å²) < 4.78 is 1.22. The van der Waals surface area contributed by atoms with E-state index >= 15 is 0 Å². The molecule has 16 heavy (non-hydrogen) atoms. The van der Waals surface area contributed by atoms with Crippen molar-refractivity contribution in [3.63, 3.8) is 0 Å². The number of thiophene rings is 1. The van der Waals surface area contributed by atoms with Gasteiger partial charge in [-0.3, -0.25) is 4.90 Å². The van der Waals surface area contributed by atoms with Gasteiger partial charge in [0.1, 0.15) is 0 Å². The van der Waals surface area contributed by atoms with Gasteiger partial charge >= 0.3 is 0 Å². The van der Waals surface area contributed by atoms with Crippen molar-refractivity contribution in [1.29, 1.82) is 0 Å². The van der Waals surface area contributed by atoms with E-state index in [1.54, 1.807) is 11.3 Å². The molecule has 1 unspecified atom stereocenters. The van der Waals surface area contributed by atoms with Crippen LogP contribution in [0.15, 0.2) is 15.2 Å². The minimum absolute atomic E-state index is 0.789. The summed E-state index contributed by atoms with van der Waals surface area (Å²) in [5.41, 5.74) is 1.38. The standard InChI is InChI=1S/C12H19BrN2S/c1-10-3-2-5-15(10)6-4-14-8-11-7-12(13)16-9-11/h7,9-10,14H,2-6,8H2,1H3. The third kappa shape index (κ3) is 3.55. The van der Waals surface area contributed by atoms with Gasteiger partial charge in [-0.2, -0.15) is 0 Å². The van der Waals surface area contributed by atoms with Gasteiger partial charge in [-0.05, 0) is 59.2 Å². The molecule has 0 aliphatic carbocycles. The van der Waals surface area contributed by atoms with Crippen LogP contribution in [0.2, 0.25) is 0 Å². The molecule has 0 spiro atoms. The fraction of sp³-hybridized carbons (Fsp3) is 0.667. The number of hydrogen-bond acceptors (Lipinski definition) is 3. The zero-order valence-electron chi connectivity index (χ0n) is 9.71. The molecule has 0 bridgehead atoms. The molecule has 0 radical (unpaired) electrons. The lowest BCUT2D eigenvalue weighted by atomic mass is 10.2. The molecule has 2 heterocycles. The topological polar surface area (TPSA) is 15.3 Å². The van der Waals surface area contributed by atoms with E-state index in [2.05, 4.69) is 44.5 Å². The van der Waals surface area contributed by atoms with Gasteiger partial charge < -0.3 is 5.32 Å². The quantitative estimate of drug-likeness (QED) is 0.841. The summed E-state index contributed by atoms with van der Waals surface area (Å²) >= 11 is 5.24. The summed E-state index contributed by atoms with van der Waals surface area (Å²) in [6.07, 6.45) is 2.75. The molecule has 4 heteroatoms. The molecule has 1 aromatic heterocycles. The van der Waals surface area contributed by atoms with E-state index in [1.807, 2.05) is 0 Å². The maximum absolute atomic E-state index is 3.51. The lowest BCUT2D eigenvalue weighted by molar-refractivity contribution is 0.268. The zero-order valence-corrected chi connectivity index (χ0v) is 12.1.